The van der Waals surface area contributed by atoms with Crippen LogP contribution in [0.2, 0.25) is 0 Å². The maximum atomic E-state index is 15.3. The Morgan fingerprint density at radius 1 is 0.276 bits per heavy atom. The molecule has 0 spiro atoms. The molecular weight excluding hydrogens is 1060 g/mol. The number of carbonyl (C=O) groups excluding carboxylic acids is 3. The van der Waals surface area contributed by atoms with Crippen LogP contribution in [-0.4, -0.2) is 119 Å². The second-order valence-electron chi connectivity index (χ2n) is 21.7. The van der Waals surface area contributed by atoms with Gasteiger partial charge in [-0.3, -0.25) is 14.4 Å². The van der Waals surface area contributed by atoms with E-state index in [9.17, 15) is 0 Å². The summed E-state index contributed by atoms with van der Waals surface area (Å²) in [4.78, 5) is 63.6. The summed E-state index contributed by atoms with van der Waals surface area (Å²) in [6.45, 7) is 0. The first kappa shape index (κ1) is 56.3. The third kappa shape index (κ3) is 10.8. The van der Waals surface area contributed by atoms with Gasteiger partial charge in [0.2, 0.25) is 0 Å². The van der Waals surface area contributed by atoms with E-state index in [-0.39, 0.29) is 33.8 Å². The molecule has 0 saturated heterocycles. The third-order valence-electron chi connectivity index (χ3n) is 15.5. The van der Waals surface area contributed by atoms with Crippen molar-refractivity contribution < 1.29 is 14.4 Å². The van der Waals surface area contributed by atoms with Gasteiger partial charge in [0.05, 0.1) is 104 Å². The van der Waals surface area contributed by atoms with Crippen LogP contribution in [0.3, 0.4) is 0 Å². The number of hydrogen-bond acceptors (Lipinski definition) is 6. The van der Waals surface area contributed by atoms with Crippen LogP contribution < -0.4 is 14.7 Å². The Labute approximate surface area is 514 Å². The van der Waals surface area contributed by atoms with Gasteiger partial charge in [0.1, 0.15) is 0 Å². The summed E-state index contributed by atoms with van der Waals surface area (Å²) in [7, 11) is 58.2. The highest BCUT2D eigenvalue weighted by molar-refractivity contribution is 6.64. The lowest BCUT2D eigenvalue weighted by Gasteiger charge is -2.39. The highest BCUT2D eigenvalue weighted by atomic mass is 16.2. The Bertz CT molecular complexity index is 4420. The highest BCUT2D eigenvalue weighted by Crippen LogP contribution is 2.35. The van der Waals surface area contributed by atoms with E-state index in [0.29, 0.717) is 33.8 Å². The summed E-state index contributed by atoms with van der Waals surface area (Å²) >= 11 is 0. The minimum absolute atomic E-state index is 0.148. The van der Waals surface area contributed by atoms with Crippen molar-refractivity contribution in [2.45, 2.75) is 15.7 Å². The van der Waals surface area contributed by atoms with E-state index in [1.807, 2.05) is 146 Å². The van der Waals surface area contributed by atoms with Gasteiger partial charge in [-0.15, -0.1) is 0 Å². The molecule has 0 fully saturated rings. The van der Waals surface area contributed by atoms with Crippen molar-refractivity contribution in [1.29, 1.82) is 0 Å². The summed E-state index contributed by atoms with van der Waals surface area (Å²) in [6, 6.07) is 71.6. The van der Waals surface area contributed by atoms with Crippen LogP contribution in [0.1, 0.15) is 31.1 Å². The minimum Gasteiger partial charge on any atom is -0.328 e. The molecule has 3 heterocycles. The first-order valence-electron chi connectivity index (χ1n) is 27.7. The van der Waals surface area contributed by atoms with Crippen LogP contribution in [-0.2, 0) is 0 Å². The summed E-state index contributed by atoms with van der Waals surface area (Å²) in [5, 5.41) is 2.30. The molecule has 390 valence electrons. The first-order chi connectivity index (χ1) is 41.7. The minimum atomic E-state index is -2.38. The van der Waals surface area contributed by atoms with Crippen LogP contribution in [0.5, 0.6) is 0 Å². The number of amides is 3. The van der Waals surface area contributed by atoms with Gasteiger partial charge < -0.3 is 14.7 Å². The standard InChI is InChI=1S/C69H39B9N6O3/c70-67(71,72)82(49-22-13-43(14-23-49)58-34-28-55-52-10-4-1-7-40(52)19-31-61(55)79-58)64(85)46-37-47(65(86)83(68(73,74)75)50-24-15-44(16-25-50)59-35-29-56-53-11-5-2-8-41(53)20-32-62(56)80-59)39-48(38-46)66(87)84(69(76,77)78)51-26-17-45(18-27-51)60-36-30-57-54-12-6-3-9-42(54)21-33-63(57)81-60/h1-39H. The van der Waals surface area contributed by atoms with Crippen molar-refractivity contribution in [3.05, 3.63) is 253 Å². The van der Waals surface area contributed by atoms with Crippen LogP contribution in [0.15, 0.2) is 237 Å². The van der Waals surface area contributed by atoms with Gasteiger partial charge >= 0.3 is 0 Å². The van der Waals surface area contributed by atoms with Gasteiger partial charge in [0.25, 0.3) is 17.7 Å². The van der Waals surface area contributed by atoms with Crippen LogP contribution in [0.4, 0.5) is 17.1 Å². The second-order valence-corrected chi connectivity index (χ2v) is 21.7. The lowest BCUT2D eigenvalue weighted by atomic mass is 9.48. The lowest BCUT2D eigenvalue weighted by molar-refractivity contribution is 0.0985. The van der Waals surface area contributed by atoms with E-state index in [1.165, 1.54) is 18.2 Å². The fourth-order valence-electron chi connectivity index (χ4n) is 11.4. The maximum Gasteiger partial charge on any atom is 0.256 e. The van der Waals surface area contributed by atoms with Gasteiger partial charge in [0.15, 0.2) is 0 Å². The van der Waals surface area contributed by atoms with E-state index in [4.69, 9.17) is 85.6 Å². The predicted octanol–water partition coefficient (Wildman–Crippen LogP) is 11.1. The van der Waals surface area contributed by atoms with Gasteiger partial charge in [-0.1, -0.05) is 161 Å². The SMILES string of the molecule is [B]C([B])([B])N(C(=O)c1cc(C(=O)N(c2ccc(-c3ccc4c(ccc5ccccc54)n3)cc2)C([B])([B])[B])cc(C(=O)N(c2ccc(-c3ccc4c(ccc5ccccc54)n3)cc2)C([B])([B])[B])c1)c1ccc(-c2ccc3c(ccc4ccccc43)n2)cc1. The number of nitrogens with zero attached hydrogens (tertiary/aromatic N) is 6. The zero-order chi connectivity index (χ0) is 60.5. The molecule has 18 radical (unpaired) electrons. The Kier molecular flexibility index (Phi) is 14.2. The molecule has 0 aliphatic heterocycles. The molecule has 18 heteroatoms. The molecule has 0 unspecified atom stereocenters. The van der Waals surface area contributed by atoms with E-state index in [2.05, 4.69) is 0 Å². The predicted molar refractivity (Wildman–Crippen MR) is 361 cm³/mol. The number of pyridine rings is 3. The number of anilines is 3. The van der Waals surface area contributed by atoms with Crippen molar-refractivity contribution >= 4 is 170 Å². The van der Waals surface area contributed by atoms with Crippen LogP contribution >= 0.6 is 0 Å². The fraction of sp³-hybridized carbons (Fsp3) is 0.0435. The molecule has 87 heavy (non-hydrogen) atoms. The Morgan fingerprint density at radius 3 is 0.782 bits per heavy atom. The zero-order valence-corrected chi connectivity index (χ0v) is 46.6. The van der Waals surface area contributed by atoms with Crippen molar-refractivity contribution in [3.63, 3.8) is 0 Å². The van der Waals surface area contributed by atoms with Crippen molar-refractivity contribution in [2.75, 3.05) is 14.7 Å². The summed E-state index contributed by atoms with van der Waals surface area (Å²) in [5.41, 5.74) is 5.96. The number of benzene rings is 10. The molecule has 0 N–H and O–H groups in total. The van der Waals surface area contributed by atoms with E-state index in [1.54, 1.807) is 72.8 Å². The normalized spacial score (nSPS) is 12.0. The average Bonchev–Trinajstić information content (AvgIpc) is 1.23. The number of carbonyl (C=O) groups is 3. The molecule has 0 aliphatic carbocycles. The van der Waals surface area contributed by atoms with Gasteiger partial charge in [-0.05, 0) is 123 Å². The summed E-state index contributed by atoms with van der Waals surface area (Å²) in [5.74, 6) is -2.81. The summed E-state index contributed by atoms with van der Waals surface area (Å²) < 4.78 is 0. The molecular formula is C69H39B9N6O3. The highest BCUT2D eigenvalue weighted by Gasteiger charge is 2.35. The molecule has 13 aromatic rings. The van der Waals surface area contributed by atoms with Crippen LogP contribution in [0.25, 0.3) is 98.8 Å². The maximum absolute atomic E-state index is 15.3. The zero-order valence-electron chi connectivity index (χ0n) is 46.6. The smallest absolute Gasteiger partial charge is 0.256 e. The van der Waals surface area contributed by atoms with Gasteiger partial charge in [-0.25, -0.2) is 15.0 Å². The third-order valence-corrected chi connectivity index (χ3v) is 15.5. The topological polar surface area (TPSA) is 99.6 Å². The largest absolute Gasteiger partial charge is 0.328 e. The molecule has 0 saturated carbocycles. The van der Waals surface area contributed by atoms with Crippen molar-refractivity contribution in [2.24, 2.45) is 0 Å². The van der Waals surface area contributed by atoms with Gasteiger partial charge in [-0.2, -0.15) is 0 Å². The molecule has 0 bridgehead atoms. The molecule has 10 aromatic carbocycles. The molecule has 0 aliphatic rings. The van der Waals surface area contributed by atoms with E-state index >= 15 is 14.4 Å². The molecule has 9 nitrogen and oxygen atoms in total. The fourth-order valence-corrected chi connectivity index (χ4v) is 11.4. The Balaban J connectivity index is 0.873. The quantitative estimate of drug-likeness (QED) is 0.0893. The van der Waals surface area contributed by atoms with Crippen LogP contribution in [0, 0.1) is 0 Å². The molecule has 3 amide bonds. The Morgan fingerprint density at radius 2 is 0.529 bits per heavy atom. The molecule has 3 aromatic heterocycles. The van der Waals surface area contributed by atoms with Crippen molar-refractivity contribution in [1.82, 2.24) is 15.0 Å². The summed E-state index contributed by atoms with van der Waals surface area (Å²) in [6.07, 6.45) is 0. The van der Waals surface area contributed by atoms with E-state index in [0.717, 1.165) is 79.7 Å². The number of rotatable bonds is 12. The number of aromatic nitrogens is 3. The van der Waals surface area contributed by atoms with Crippen molar-refractivity contribution in [3.8, 4) is 33.8 Å². The average molecular weight is 1100 g/mol. The second kappa shape index (κ2) is 21.9. The monoisotopic (exact) mass is 1100 g/mol. The van der Waals surface area contributed by atoms with Gasteiger partial charge in [0, 0.05) is 66.6 Å². The lowest BCUT2D eigenvalue weighted by Crippen LogP contribution is -2.55. The number of fused-ring (bicyclic) bond motifs is 9. The number of hydrogen-bond donors (Lipinski definition) is 0. The first-order valence-corrected chi connectivity index (χ1v) is 27.7. The van der Waals surface area contributed by atoms with E-state index < -0.39 is 33.4 Å². The molecule has 0 atom stereocenters. The Hall–Kier alpha value is -9.80. The molecule has 13 rings (SSSR count).